The summed E-state index contributed by atoms with van der Waals surface area (Å²) in [5.41, 5.74) is 6.36. The second-order valence-corrected chi connectivity index (χ2v) is 15.3. The van der Waals surface area contributed by atoms with E-state index in [0.29, 0.717) is 25.5 Å². The number of nitrogens with zero attached hydrogens (tertiary/aromatic N) is 3. The lowest BCUT2D eigenvalue weighted by Gasteiger charge is -2.23. The zero-order chi connectivity index (χ0) is 22.9. The van der Waals surface area contributed by atoms with Crippen molar-refractivity contribution in [3.05, 3.63) is 41.6 Å². The molecule has 0 N–H and O–H groups in total. The quantitative estimate of drug-likeness (QED) is 0.385. The van der Waals surface area contributed by atoms with Crippen LogP contribution in [0.5, 0.6) is 0 Å². The summed E-state index contributed by atoms with van der Waals surface area (Å²) in [6.45, 7) is 13.6. The SMILES string of the molecule is [B]c1cnc2c(n1)c(CC)c(-c1ccc(C3(C)OCCO3)cc1)n2COCC[Si](C)(C)C. The average Bonchev–Trinajstić information content (AvgIpc) is 3.32. The number of benzene rings is 1. The summed E-state index contributed by atoms with van der Waals surface area (Å²) in [5.74, 6) is -0.684. The van der Waals surface area contributed by atoms with Gasteiger partial charge in [-0.15, -0.1) is 0 Å². The standard InChI is InChI=1S/C24H32BN3O3Si/c1-6-19-21-23(26-15-20(25)27-21)28(16-29-13-14-32(3,4)5)22(19)17-7-9-18(10-8-17)24(2)30-11-12-31-24/h7-10,15H,6,11-14,16H2,1-5H3. The van der Waals surface area contributed by atoms with E-state index in [1.54, 1.807) is 6.20 Å². The monoisotopic (exact) mass is 449 g/mol. The summed E-state index contributed by atoms with van der Waals surface area (Å²) < 4.78 is 19.9. The Labute approximate surface area is 192 Å². The van der Waals surface area contributed by atoms with E-state index in [2.05, 4.69) is 65.4 Å². The van der Waals surface area contributed by atoms with Crippen LogP contribution in [0, 0.1) is 0 Å². The highest BCUT2D eigenvalue weighted by molar-refractivity contribution is 6.76. The van der Waals surface area contributed by atoms with Crippen molar-refractivity contribution in [1.29, 1.82) is 0 Å². The predicted octanol–water partition coefficient (Wildman–Crippen LogP) is 3.99. The van der Waals surface area contributed by atoms with Crippen LogP contribution in [0.1, 0.15) is 25.0 Å². The van der Waals surface area contributed by atoms with E-state index in [1.165, 1.54) is 0 Å². The van der Waals surface area contributed by atoms with Gasteiger partial charge >= 0.3 is 0 Å². The van der Waals surface area contributed by atoms with E-state index >= 15 is 0 Å². The van der Waals surface area contributed by atoms with Gasteiger partial charge in [-0.3, -0.25) is 9.55 Å². The molecule has 2 radical (unpaired) electrons. The van der Waals surface area contributed by atoms with Crippen LogP contribution in [-0.2, 0) is 33.1 Å². The van der Waals surface area contributed by atoms with Gasteiger partial charge in [-0.2, -0.15) is 0 Å². The van der Waals surface area contributed by atoms with Gasteiger partial charge in [0.25, 0.3) is 0 Å². The topological polar surface area (TPSA) is 58.4 Å². The van der Waals surface area contributed by atoms with Crippen LogP contribution < -0.4 is 5.59 Å². The Bertz CT molecular complexity index is 1090. The minimum atomic E-state index is -1.16. The zero-order valence-electron chi connectivity index (χ0n) is 19.8. The summed E-state index contributed by atoms with van der Waals surface area (Å²) in [6.07, 6.45) is 2.43. The smallest absolute Gasteiger partial charge is 0.192 e. The van der Waals surface area contributed by atoms with Crippen molar-refractivity contribution in [3.63, 3.8) is 0 Å². The van der Waals surface area contributed by atoms with Gasteiger partial charge in [0.05, 0.1) is 18.9 Å². The fraction of sp³-hybridized carbons (Fsp3) is 0.500. The van der Waals surface area contributed by atoms with E-state index in [9.17, 15) is 0 Å². The number of ether oxygens (including phenoxy) is 3. The first-order valence-electron chi connectivity index (χ1n) is 11.3. The van der Waals surface area contributed by atoms with Gasteiger partial charge in [0.1, 0.15) is 20.1 Å². The maximum absolute atomic E-state index is 6.13. The minimum absolute atomic E-state index is 0.425. The van der Waals surface area contributed by atoms with Crippen LogP contribution in [0.4, 0.5) is 0 Å². The first kappa shape index (κ1) is 23.2. The molecule has 2 aromatic heterocycles. The molecule has 0 saturated carbocycles. The van der Waals surface area contributed by atoms with Gasteiger partial charge < -0.3 is 14.2 Å². The summed E-state index contributed by atoms with van der Waals surface area (Å²) >= 11 is 0. The Morgan fingerprint density at radius 1 is 1.16 bits per heavy atom. The predicted molar refractivity (Wildman–Crippen MR) is 131 cm³/mol. The second-order valence-electron chi connectivity index (χ2n) is 9.64. The maximum Gasteiger partial charge on any atom is 0.192 e. The van der Waals surface area contributed by atoms with Gasteiger partial charge in [-0.05, 0) is 25.0 Å². The number of fused-ring (bicyclic) bond motifs is 1. The summed E-state index contributed by atoms with van der Waals surface area (Å²) in [5, 5.41) is 0. The highest BCUT2D eigenvalue weighted by Crippen LogP contribution is 2.35. The first-order valence-corrected chi connectivity index (χ1v) is 15.0. The third-order valence-electron chi connectivity index (χ3n) is 5.96. The molecule has 1 saturated heterocycles. The molecule has 0 bridgehead atoms. The molecule has 3 heterocycles. The summed E-state index contributed by atoms with van der Waals surface area (Å²) in [6, 6.07) is 9.49. The van der Waals surface area contributed by atoms with E-state index in [-0.39, 0.29) is 0 Å². The van der Waals surface area contributed by atoms with Crippen molar-refractivity contribution in [2.45, 2.75) is 58.5 Å². The van der Waals surface area contributed by atoms with Crippen molar-refractivity contribution >= 4 is 32.7 Å². The van der Waals surface area contributed by atoms with Crippen molar-refractivity contribution in [1.82, 2.24) is 14.5 Å². The fourth-order valence-corrected chi connectivity index (χ4v) is 4.87. The van der Waals surface area contributed by atoms with E-state index < -0.39 is 13.9 Å². The molecule has 1 aromatic carbocycles. The van der Waals surface area contributed by atoms with Gasteiger partial charge in [-0.1, -0.05) is 50.8 Å². The lowest BCUT2D eigenvalue weighted by molar-refractivity contribution is -0.149. The van der Waals surface area contributed by atoms with Crippen LogP contribution in [-0.4, -0.2) is 50.3 Å². The maximum atomic E-state index is 6.13. The normalized spacial score (nSPS) is 16.2. The molecule has 32 heavy (non-hydrogen) atoms. The molecule has 3 aromatic rings. The third kappa shape index (κ3) is 4.69. The highest BCUT2D eigenvalue weighted by atomic mass is 28.3. The van der Waals surface area contributed by atoms with Gasteiger partial charge in [0, 0.05) is 37.6 Å². The molecule has 1 aliphatic rings. The molecule has 1 aliphatic heterocycles. The fourth-order valence-electron chi connectivity index (χ4n) is 4.11. The molecule has 168 valence electrons. The molecule has 0 atom stereocenters. The van der Waals surface area contributed by atoms with Crippen LogP contribution in [0.3, 0.4) is 0 Å². The zero-order valence-corrected chi connectivity index (χ0v) is 20.8. The van der Waals surface area contributed by atoms with E-state index in [1.807, 2.05) is 6.92 Å². The number of rotatable bonds is 8. The molecule has 4 rings (SSSR count). The average molecular weight is 449 g/mol. The summed E-state index contributed by atoms with van der Waals surface area (Å²) in [4.78, 5) is 9.24. The number of aryl methyl sites for hydroxylation is 1. The molecule has 0 spiro atoms. The number of aromatic nitrogens is 3. The Hall–Kier alpha value is -2.00. The van der Waals surface area contributed by atoms with Crippen LogP contribution in [0.15, 0.2) is 30.5 Å². The molecule has 0 unspecified atom stereocenters. The molecule has 0 aliphatic carbocycles. The Balaban J connectivity index is 1.73. The van der Waals surface area contributed by atoms with Gasteiger partial charge in [0.2, 0.25) is 0 Å². The largest absolute Gasteiger partial charge is 0.361 e. The second kappa shape index (κ2) is 9.10. The Morgan fingerprint density at radius 3 is 2.47 bits per heavy atom. The van der Waals surface area contributed by atoms with Crippen LogP contribution >= 0.6 is 0 Å². The van der Waals surface area contributed by atoms with Gasteiger partial charge in [-0.25, -0.2) is 4.98 Å². The van der Waals surface area contributed by atoms with Gasteiger partial charge in [0.15, 0.2) is 11.4 Å². The number of hydrogen-bond donors (Lipinski definition) is 0. The Kier molecular flexibility index (Phi) is 6.59. The van der Waals surface area contributed by atoms with Crippen molar-refractivity contribution < 1.29 is 14.2 Å². The van der Waals surface area contributed by atoms with Crippen molar-refractivity contribution in [2.75, 3.05) is 19.8 Å². The molecular formula is C24H32BN3O3Si. The molecule has 8 heteroatoms. The lowest BCUT2D eigenvalue weighted by Crippen LogP contribution is -2.22. The number of hydrogen-bond acceptors (Lipinski definition) is 5. The van der Waals surface area contributed by atoms with E-state index in [4.69, 9.17) is 22.1 Å². The van der Waals surface area contributed by atoms with Crippen LogP contribution in [0.25, 0.3) is 22.4 Å². The first-order chi connectivity index (χ1) is 15.2. The molecule has 0 amide bonds. The van der Waals surface area contributed by atoms with Crippen molar-refractivity contribution in [3.8, 4) is 11.3 Å². The Morgan fingerprint density at radius 2 is 1.84 bits per heavy atom. The molecular weight excluding hydrogens is 417 g/mol. The lowest BCUT2D eigenvalue weighted by atomic mass is 10.0. The van der Waals surface area contributed by atoms with E-state index in [0.717, 1.165) is 52.6 Å². The molecule has 1 fully saturated rings. The van der Waals surface area contributed by atoms with Crippen molar-refractivity contribution in [2.24, 2.45) is 0 Å². The summed E-state index contributed by atoms with van der Waals surface area (Å²) in [7, 11) is 4.82. The molecule has 6 nitrogen and oxygen atoms in total. The highest BCUT2D eigenvalue weighted by Gasteiger charge is 2.33. The van der Waals surface area contributed by atoms with Crippen LogP contribution in [0.2, 0.25) is 25.7 Å². The third-order valence-corrected chi connectivity index (χ3v) is 7.66. The minimum Gasteiger partial charge on any atom is -0.361 e.